The lowest BCUT2D eigenvalue weighted by Crippen LogP contribution is -2.22. The first kappa shape index (κ1) is 8.46. The second kappa shape index (κ2) is 4.35. The third-order valence-corrected chi connectivity index (χ3v) is 3.13. The minimum absolute atomic E-state index is 0.735. The molecule has 0 heterocycles. The summed E-state index contributed by atoms with van der Waals surface area (Å²) in [6.45, 7) is 3.20. The molecule has 0 rings (SSSR count). The summed E-state index contributed by atoms with van der Waals surface area (Å²) in [6.07, 6.45) is 1.16. The van der Waals surface area contributed by atoms with Crippen LogP contribution in [0.15, 0.2) is 0 Å². The zero-order chi connectivity index (χ0) is 6.57. The highest BCUT2D eigenvalue weighted by atomic mass is 32.1. The summed E-state index contributed by atoms with van der Waals surface area (Å²) in [5.41, 5.74) is 0. The van der Waals surface area contributed by atoms with Crippen molar-refractivity contribution in [3.8, 4) is 0 Å². The molecular formula is C4H11NS2Si. The second-order valence-electron chi connectivity index (χ2n) is 1.70. The topological polar surface area (TPSA) is 3.24 Å². The van der Waals surface area contributed by atoms with Crippen LogP contribution in [-0.2, 0) is 0 Å². The van der Waals surface area contributed by atoms with Gasteiger partial charge in [-0.1, -0.05) is 19.1 Å². The zero-order valence-corrected chi connectivity index (χ0v) is 8.93. The number of thiocarbonyl (C=S) groups is 1. The Bertz CT molecular complexity index is 86.1. The second-order valence-corrected chi connectivity index (χ2v) is 3.90. The Morgan fingerprint density at radius 2 is 2.38 bits per heavy atom. The maximum atomic E-state index is 4.81. The van der Waals surface area contributed by atoms with Crippen molar-refractivity contribution in [3.63, 3.8) is 0 Å². The summed E-state index contributed by atoms with van der Waals surface area (Å²) in [6, 6.07) is 0. The summed E-state index contributed by atoms with van der Waals surface area (Å²) >= 11 is 8.83. The lowest BCUT2D eigenvalue weighted by atomic mass is 10.5. The van der Waals surface area contributed by atoms with Crippen LogP contribution in [-0.4, -0.2) is 25.8 Å². The van der Waals surface area contributed by atoms with Crippen molar-refractivity contribution in [1.82, 2.24) is 4.57 Å². The molecule has 0 unspecified atom stereocenters. The lowest BCUT2D eigenvalue weighted by Gasteiger charge is -2.14. The van der Waals surface area contributed by atoms with Gasteiger partial charge in [0, 0.05) is 6.54 Å². The summed E-state index contributed by atoms with van der Waals surface area (Å²) in [4.78, 5) is 0. The predicted molar refractivity (Wildman–Crippen MR) is 48.5 cm³/mol. The third kappa shape index (κ3) is 3.46. The van der Waals surface area contributed by atoms with Gasteiger partial charge in [-0.05, 0) is 6.42 Å². The number of hydrogen-bond donors (Lipinski definition) is 1. The molecule has 0 aliphatic heterocycles. The highest BCUT2D eigenvalue weighted by Crippen LogP contribution is 1.91. The fraction of sp³-hybridized carbons (Fsp3) is 0.750. The van der Waals surface area contributed by atoms with Gasteiger partial charge < -0.3 is 4.57 Å². The van der Waals surface area contributed by atoms with E-state index >= 15 is 0 Å². The summed E-state index contributed by atoms with van der Waals surface area (Å²) in [7, 11) is 0.999. The Balaban J connectivity index is 3.32. The average Bonchev–Trinajstić information content (AvgIpc) is 1.67. The standard InChI is InChI=1S/C4H11NS2Si/c1-2-3-5(8)4(6)7/h2-3H2,1,8H3,(H,6,7). The van der Waals surface area contributed by atoms with E-state index in [9.17, 15) is 0 Å². The maximum Gasteiger partial charge on any atom is 0.124 e. The molecule has 0 atom stereocenters. The van der Waals surface area contributed by atoms with Crippen LogP contribution in [0.2, 0.25) is 0 Å². The van der Waals surface area contributed by atoms with E-state index in [4.69, 9.17) is 12.2 Å². The van der Waals surface area contributed by atoms with Gasteiger partial charge in [-0.2, -0.15) is 0 Å². The smallest absolute Gasteiger partial charge is 0.124 e. The van der Waals surface area contributed by atoms with Crippen LogP contribution in [0, 0.1) is 0 Å². The molecule has 0 saturated heterocycles. The van der Waals surface area contributed by atoms with Crippen LogP contribution >= 0.6 is 24.8 Å². The van der Waals surface area contributed by atoms with Gasteiger partial charge in [0.05, 0.1) is 0 Å². The molecule has 0 spiro atoms. The van der Waals surface area contributed by atoms with Crippen molar-refractivity contribution < 1.29 is 0 Å². The molecule has 0 N–H and O–H groups in total. The van der Waals surface area contributed by atoms with Crippen LogP contribution < -0.4 is 0 Å². The van der Waals surface area contributed by atoms with Gasteiger partial charge >= 0.3 is 0 Å². The third-order valence-electron chi connectivity index (χ3n) is 0.886. The molecule has 8 heavy (non-hydrogen) atoms. The summed E-state index contributed by atoms with van der Waals surface area (Å²) in [5.74, 6) is 0. The number of nitrogens with zero attached hydrogens (tertiary/aromatic N) is 1. The Kier molecular flexibility index (Phi) is 4.60. The van der Waals surface area contributed by atoms with Crippen molar-refractivity contribution in [2.75, 3.05) is 6.54 Å². The molecule has 0 aliphatic rings. The maximum absolute atomic E-state index is 4.81. The van der Waals surface area contributed by atoms with Crippen molar-refractivity contribution in [1.29, 1.82) is 0 Å². The fourth-order valence-corrected chi connectivity index (χ4v) is 1.07. The van der Waals surface area contributed by atoms with Gasteiger partial charge in [-0.15, -0.1) is 12.6 Å². The summed E-state index contributed by atoms with van der Waals surface area (Å²) < 4.78 is 2.82. The van der Waals surface area contributed by atoms with E-state index in [0.29, 0.717) is 0 Å². The molecule has 1 nitrogen and oxygen atoms in total. The Hall–Kier alpha value is 0.457. The van der Waals surface area contributed by atoms with Crippen molar-refractivity contribution in [2.24, 2.45) is 0 Å². The normalized spacial score (nSPS) is 9.25. The van der Waals surface area contributed by atoms with Gasteiger partial charge in [0.25, 0.3) is 0 Å². The van der Waals surface area contributed by atoms with Gasteiger partial charge in [0.1, 0.15) is 14.7 Å². The van der Waals surface area contributed by atoms with Crippen LogP contribution in [0.1, 0.15) is 13.3 Å². The Labute approximate surface area is 64.4 Å². The monoisotopic (exact) mass is 165 g/mol. The molecule has 0 saturated carbocycles. The van der Waals surface area contributed by atoms with Gasteiger partial charge in [-0.25, -0.2) is 0 Å². The molecule has 4 heteroatoms. The van der Waals surface area contributed by atoms with Crippen LogP contribution in [0.5, 0.6) is 0 Å². The first-order valence-corrected chi connectivity index (χ1v) is 4.37. The quantitative estimate of drug-likeness (QED) is 0.354. The average molecular weight is 165 g/mol. The lowest BCUT2D eigenvalue weighted by molar-refractivity contribution is 0.654. The van der Waals surface area contributed by atoms with Gasteiger partial charge in [0.2, 0.25) is 0 Å². The van der Waals surface area contributed by atoms with E-state index in [2.05, 4.69) is 24.1 Å². The summed E-state index contributed by atoms with van der Waals surface area (Å²) in [5, 5.41) is 0. The molecule has 0 aliphatic carbocycles. The first-order valence-electron chi connectivity index (χ1n) is 2.62. The SMILES string of the molecule is CCCN([SiH3])C(=S)S. The predicted octanol–water partition coefficient (Wildman–Crippen LogP) is 0.193. The first-order chi connectivity index (χ1) is 3.68. The molecule has 0 aromatic rings. The van der Waals surface area contributed by atoms with Crippen molar-refractivity contribution in [3.05, 3.63) is 0 Å². The molecule has 0 fully saturated rings. The number of hydrogen-bond acceptors (Lipinski definition) is 1. The van der Waals surface area contributed by atoms with Crippen molar-refractivity contribution >= 4 is 39.6 Å². The highest BCUT2D eigenvalue weighted by Gasteiger charge is 1.93. The number of thiol groups is 1. The van der Waals surface area contributed by atoms with E-state index in [1.807, 2.05) is 0 Å². The minimum Gasteiger partial charge on any atom is -0.393 e. The van der Waals surface area contributed by atoms with E-state index < -0.39 is 0 Å². The zero-order valence-electron chi connectivity index (χ0n) is 5.22. The minimum atomic E-state index is 0.735. The molecule has 0 radical (unpaired) electrons. The van der Waals surface area contributed by atoms with E-state index in [0.717, 1.165) is 27.7 Å². The molecule has 0 bridgehead atoms. The highest BCUT2D eigenvalue weighted by molar-refractivity contribution is 8.11. The molecule has 0 amide bonds. The molecule has 0 aromatic heterocycles. The molecule has 48 valence electrons. The fourth-order valence-electron chi connectivity index (χ4n) is 0.431. The van der Waals surface area contributed by atoms with E-state index in [-0.39, 0.29) is 0 Å². The molecular weight excluding hydrogens is 154 g/mol. The van der Waals surface area contributed by atoms with Crippen LogP contribution in [0.25, 0.3) is 0 Å². The van der Waals surface area contributed by atoms with E-state index in [1.165, 1.54) is 0 Å². The Morgan fingerprint density at radius 1 is 1.88 bits per heavy atom. The van der Waals surface area contributed by atoms with Crippen molar-refractivity contribution in [2.45, 2.75) is 13.3 Å². The van der Waals surface area contributed by atoms with E-state index in [1.54, 1.807) is 0 Å². The Morgan fingerprint density at radius 3 is 2.50 bits per heavy atom. The van der Waals surface area contributed by atoms with Crippen LogP contribution in [0.4, 0.5) is 0 Å². The van der Waals surface area contributed by atoms with Gasteiger partial charge in [-0.3, -0.25) is 0 Å². The largest absolute Gasteiger partial charge is 0.393 e. The van der Waals surface area contributed by atoms with Gasteiger partial charge in [0.15, 0.2) is 0 Å². The number of rotatable bonds is 2. The van der Waals surface area contributed by atoms with Crippen LogP contribution in [0.3, 0.4) is 0 Å². The molecule has 0 aromatic carbocycles.